The van der Waals surface area contributed by atoms with E-state index in [1.165, 1.54) is 0 Å². The van der Waals surface area contributed by atoms with Crippen molar-refractivity contribution in [1.29, 1.82) is 5.41 Å². The quantitative estimate of drug-likeness (QED) is 0.0578. The number of carbonyl (C=O) groups excluding carboxylic acids is 1. The lowest BCUT2D eigenvalue weighted by Crippen LogP contribution is -2.49. The number of benzene rings is 1. The van der Waals surface area contributed by atoms with Gasteiger partial charge in [-0.1, -0.05) is 89.9 Å². The highest BCUT2D eigenvalue weighted by Gasteiger charge is 2.31. The monoisotopic (exact) mass is 712 g/mol. The van der Waals surface area contributed by atoms with E-state index >= 15 is 0 Å². The molecule has 2 rings (SSSR count). The third-order valence-corrected chi connectivity index (χ3v) is 7.80. The second-order valence-corrected chi connectivity index (χ2v) is 14.4. The maximum absolute atomic E-state index is 13.2. The van der Waals surface area contributed by atoms with Crippen molar-refractivity contribution >= 4 is 29.0 Å². The highest BCUT2D eigenvalue weighted by molar-refractivity contribution is 6.31. The van der Waals surface area contributed by atoms with Crippen LogP contribution in [0.1, 0.15) is 93.1 Å². The number of ether oxygens (including phenoxy) is 2. The van der Waals surface area contributed by atoms with Gasteiger partial charge >= 0.3 is 0 Å². The molecule has 0 aliphatic rings. The lowest BCUT2D eigenvalue weighted by molar-refractivity contribution is -0.134. The van der Waals surface area contributed by atoms with E-state index in [-0.39, 0.29) is 46.1 Å². The van der Waals surface area contributed by atoms with Gasteiger partial charge in [-0.2, -0.15) is 0 Å². The summed E-state index contributed by atoms with van der Waals surface area (Å²) in [6.45, 7) is 26.5. The summed E-state index contributed by atoms with van der Waals surface area (Å²) < 4.78 is 11.8. The van der Waals surface area contributed by atoms with Crippen LogP contribution in [0, 0.1) is 22.7 Å². The summed E-state index contributed by atoms with van der Waals surface area (Å²) in [5, 5.41) is 15.4. The molecular weight excluding hydrogens is 652 g/mol. The van der Waals surface area contributed by atoms with Crippen molar-refractivity contribution < 1.29 is 14.3 Å². The van der Waals surface area contributed by atoms with Crippen LogP contribution >= 0.6 is 11.6 Å². The Morgan fingerprint density at radius 3 is 2.32 bits per heavy atom. The number of amides is 1. The van der Waals surface area contributed by atoms with E-state index in [1.807, 2.05) is 92.7 Å². The Morgan fingerprint density at radius 1 is 1.14 bits per heavy atom. The maximum Gasteiger partial charge on any atom is 0.263 e. The average molecular weight is 713 g/mol. The largest absolute Gasteiger partial charge is 0.478 e. The summed E-state index contributed by atoms with van der Waals surface area (Å²) in [5.41, 5.74) is 6.08. The zero-order valence-corrected chi connectivity index (χ0v) is 32.8. The molecule has 0 aliphatic carbocycles. The first-order valence-corrected chi connectivity index (χ1v) is 17.8. The van der Waals surface area contributed by atoms with Crippen molar-refractivity contribution in [3.63, 3.8) is 0 Å². The van der Waals surface area contributed by atoms with Gasteiger partial charge in [0.25, 0.3) is 11.5 Å². The zero-order valence-electron chi connectivity index (χ0n) is 32.1. The van der Waals surface area contributed by atoms with Crippen LogP contribution in [0.2, 0.25) is 0 Å². The number of aromatic nitrogens is 2. The normalized spacial score (nSPS) is 13.6. The molecule has 1 aromatic heterocycles. The molecule has 50 heavy (non-hydrogen) atoms. The number of nitrogens with two attached hydrogens (primary N) is 1. The Labute approximate surface area is 304 Å². The number of hydrogen-bond acceptors (Lipinski definition) is 8. The highest BCUT2D eigenvalue weighted by Crippen LogP contribution is 2.22. The maximum atomic E-state index is 13.2. The molecule has 1 heterocycles. The summed E-state index contributed by atoms with van der Waals surface area (Å²) in [4.78, 5) is 33.9. The number of aromatic amines is 1. The van der Waals surface area contributed by atoms with Gasteiger partial charge in [-0.25, -0.2) is 4.98 Å². The first-order valence-electron chi connectivity index (χ1n) is 17.4. The van der Waals surface area contributed by atoms with Gasteiger partial charge in [0.1, 0.15) is 23.0 Å². The van der Waals surface area contributed by atoms with Gasteiger partial charge in [-0.05, 0) is 63.3 Å². The molecule has 2 unspecified atom stereocenters. The molecule has 0 aliphatic heterocycles. The van der Waals surface area contributed by atoms with Crippen molar-refractivity contribution in [3.05, 3.63) is 87.0 Å². The Morgan fingerprint density at radius 2 is 1.76 bits per heavy atom. The van der Waals surface area contributed by atoms with Crippen LogP contribution in [-0.4, -0.2) is 59.5 Å². The van der Waals surface area contributed by atoms with Crippen molar-refractivity contribution in [1.82, 2.24) is 15.3 Å². The lowest BCUT2D eigenvalue weighted by Gasteiger charge is -2.30. The number of halogens is 1. The molecule has 6 N–H and O–H groups in total. The van der Waals surface area contributed by atoms with Crippen molar-refractivity contribution in [3.8, 4) is 5.75 Å². The van der Waals surface area contributed by atoms with E-state index in [0.29, 0.717) is 55.1 Å². The zero-order chi connectivity index (χ0) is 38.2. The molecule has 1 aromatic carbocycles. The minimum Gasteiger partial charge on any atom is -0.478 e. The van der Waals surface area contributed by atoms with Crippen LogP contribution in [-0.2, 0) is 16.0 Å². The van der Waals surface area contributed by atoms with E-state index in [1.54, 1.807) is 26.0 Å². The lowest BCUT2D eigenvalue weighted by atomic mass is 9.94. The molecule has 0 bridgehead atoms. The summed E-state index contributed by atoms with van der Waals surface area (Å²) >= 11 is 6.38. The molecule has 2 atom stereocenters. The molecule has 11 heteroatoms. The Balaban J connectivity index is 0.00000613. The van der Waals surface area contributed by atoms with Crippen LogP contribution in [0.15, 0.2) is 64.5 Å². The average Bonchev–Trinajstić information content (AvgIpc) is 3.06. The van der Waals surface area contributed by atoms with Gasteiger partial charge < -0.3 is 36.2 Å². The molecule has 0 fully saturated rings. The van der Waals surface area contributed by atoms with E-state index in [4.69, 9.17) is 37.2 Å². The number of allylic oxidation sites excluding steroid dienone is 4. The third-order valence-electron chi connectivity index (χ3n) is 7.56. The molecule has 10 nitrogen and oxygen atoms in total. The van der Waals surface area contributed by atoms with Gasteiger partial charge in [-0.15, -0.1) is 6.58 Å². The molecule has 0 spiro atoms. The van der Waals surface area contributed by atoms with Crippen molar-refractivity contribution in [2.75, 3.05) is 31.6 Å². The fourth-order valence-corrected chi connectivity index (χ4v) is 4.76. The molecule has 0 saturated carbocycles. The fourth-order valence-electron chi connectivity index (χ4n) is 4.38. The topological polar surface area (TPSA) is 155 Å². The molecule has 0 radical (unpaired) electrons. The number of H-pyrrole nitrogens is 1. The van der Waals surface area contributed by atoms with Gasteiger partial charge in [0.05, 0.1) is 18.4 Å². The van der Waals surface area contributed by atoms with Crippen LogP contribution in [0.5, 0.6) is 5.75 Å². The van der Waals surface area contributed by atoms with Crippen molar-refractivity contribution in [2.24, 2.45) is 23.0 Å². The Bertz CT molecular complexity index is 1530. The number of nitrogens with zero attached hydrogens (tertiary/aromatic N) is 1. The summed E-state index contributed by atoms with van der Waals surface area (Å²) in [6.07, 6.45) is 5.85. The fraction of sp³-hybridized carbons (Fsp3) is 0.538. The van der Waals surface area contributed by atoms with Gasteiger partial charge in [0.15, 0.2) is 5.60 Å². The van der Waals surface area contributed by atoms with Crippen LogP contribution in [0.4, 0.5) is 5.82 Å². The number of anilines is 1. The van der Waals surface area contributed by atoms with Gasteiger partial charge in [0, 0.05) is 36.5 Å². The number of nitrogens with one attached hydrogen (secondary N) is 4. The Hall–Kier alpha value is -3.73. The molecule has 278 valence electrons. The Kier molecular flexibility index (Phi) is 18.4. The van der Waals surface area contributed by atoms with Crippen molar-refractivity contribution in [2.45, 2.75) is 94.3 Å². The SMILES string of the molecule is C=CC(C)/C=C(Cl)\C=C(\C)CNc1nc(Cc2ccc(OC(C)(C)C(=O)NCC(C)(C)COC(C)CN)cc2)[nH]c(=O)c1C(=N)C(C)C.CC. The predicted octanol–water partition coefficient (Wildman–Crippen LogP) is 7.38. The first kappa shape index (κ1) is 44.3. The van der Waals surface area contributed by atoms with E-state index in [2.05, 4.69) is 22.2 Å². The summed E-state index contributed by atoms with van der Waals surface area (Å²) in [6, 6.07) is 7.31. The van der Waals surface area contributed by atoms with E-state index in [9.17, 15) is 9.59 Å². The first-order chi connectivity index (χ1) is 23.4. The second-order valence-electron chi connectivity index (χ2n) is 13.9. The smallest absolute Gasteiger partial charge is 0.263 e. The summed E-state index contributed by atoms with van der Waals surface area (Å²) in [7, 11) is 0. The van der Waals surface area contributed by atoms with Crippen LogP contribution in [0.3, 0.4) is 0 Å². The van der Waals surface area contributed by atoms with Gasteiger partial charge in [0.2, 0.25) is 0 Å². The highest BCUT2D eigenvalue weighted by atomic mass is 35.5. The molecular formula is C39H61ClN6O4. The molecule has 0 saturated heterocycles. The van der Waals surface area contributed by atoms with Crippen LogP contribution < -0.4 is 26.7 Å². The minimum atomic E-state index is -1.12. The van der Waals surface area contributed by atoms with E-state index in [0.717, 1.165) is 11.1 Å². The van der Waals surface area contributed by atoms with Crippen LogP contribution in [0.25, 0.3) is 0 Å². The van der Waals surface area contributed by atoms with E-state index < -0.39 is 5.60 Å². The number of rotatable bonds is 19. The summed E-state index contributed by atoms with van der Waals surface area (Å²) in [5.74, 6) is 1.04. The van der Waals surface area contributed by atoms with Gasteiger partial charge in [-0.3, -0.25) is 9.59 Å². The number of carbonyl (C=O) groups is 1. The molecule has 1 amide bonds. The molecule has 2 aromatic rings. The minimum absolute atomic E-state index is 0.0486. The second kappa shape index (κ2) is 20.8. The predicted molar refractivity (Wildman–Crippen MR) is 209 cm³/mol. The number of hydrogen-bond donors (Lipinski definition) is 5. The standard InChI is InChI=1S/C37H55ClN6O4.C2H6/c1-11-24(4)16-28(38)17-25(5)20-41-33-31(32(40)23(2)3)34(45)44-30(43-33)18-27-12-14-29(15-13-27)48-37(9,10)35(46)42-21-36(7,8)22-47-26(6)19-39;1-2/h11-17,23-24,26,40H,1,18-22,39H2,2-10H3,(H,42,46)(H2,41,43,44,45);1-2H3/b25-17-,28-16+,40-32?;. The third kappa shape index (κ3) is 15.0.